The number of hydrogen-bond acceptors (Lipinski definition) is 9. The summed E-state index contributed by atoms with van der Waals surface area (Å²) in [6.07, 6.45) is 1.34. The molecular weight excluding hydrogens is 528 g/mol. The van der Waals surface area contributed by atoms with Gasteiger partial charge in [0, 0.05) is 30.3 Å². The highest BCUT2D eigenvalue weighted by Gasteiger charge is 2.83. The van der Waals surface area contributed by atoms with Crippen molar-refractivity contribution in [3.05, 3.63) is 54.1 Å². The van der Waals surface area contributed by atoms with Crippen molar-refractivity contribution in [3.63, 3.8) is 0 Å². The Morgan fingerprint density at radius 1 is 0.976 bits per heavy atom. The zero-order valence-corrected chi connectivity index (χ0v) is 24.0. The highest BCUT2D eigenvalue weighted by molar-refractivity contribution is 5.82. The van der Waals surface area contributed by atoms with E-state index in [9.17, 15) is 40.5 Å². The molecule has 4 fully saturated rings. The minimum Gasteiger partial charge on any atom is -0.458 e. The van der Waals surface area contributed by atoms with Gasteiger partial charge in [0.15, 0.2) is 0 Å². The van der Waals surface area contributed by atoms with Crippen molar-refractivity contribution in [2.45, 2.75) is 113 Å². The Kier molecular flexibility index (Phi) is 7.39. The van der Waals surface area contributed by atoms with Crippen LogP contribution in [0.4, 0.5) is 0 Å². The number of esters is 1. The molecule has 5 rings (SSSR count). The topological polar surface area (TPSA) is 168 Å². The Bertz CT molecular complexity index is 1220. The molecular formula is C32H44O9. The van der Waals surface area contributed by atoms with Gasteiger partial charge in [-0.1, -0.05) is 62.4 Å². The van der Waals surface area contributed by atoms with Gasteiger partial charge in [0.25, 0.3) is 0 Å². The molecule has 0 saturated heterocycles. The molecule has 0 bridgehead atoms. The molecule has 0 unspecified atom stereocenters. The Labute approximate surface area is 240 Å². The first-order valence-electron chi connectivity index (χ1n) is 14.6. The van der Waals surface area contributed by atoms with Crippen molar-refractivity contribution >= 4 is 12.0 Å². The van der Waals surface area contributed by atoms with E-state index in [-0.39, 0.29) is 32.1 Å². The molecule has 0 heterocycles. The average molecular weight is 573 g/mol. The lowest BCUT2D eigenvalue weighted by Crippen LogP contribution is -2.83. The summed E-state index contributed by atoms with van der Waals surface area (Å²) in [6, 6.07) is 9.52. The third kappa shape index (κ3) is 4.04. The second kappa shape index (κ2) is 9.98. The van der Waals surface area contributed by atoms with Gasteiger partial charge in [-0.15, -0.1) is 0 Å². The summed E-state index contributed by atoms with van der Waals surface area (Å²) in [5.41, 5.74) is -9.67. The van der Waals surface area contributed by atoms with E-state index in [0.29, 0.717) is 6.42 Å². The fraction of sp³-hybridized carbons (Fsp3) is 0.656. The number of ether oxygens (including phenoxy) is 1. The second-order valence-corrected chi connectivity index (χ2v) is 13.4. The summed E-state index contributed by atoms with van der Waals surface area (Å²) in [5.74, 6) is -1.58. The SMILES string of the molecule is C[C@H](O)[C@]1(O)CC[C@@]2(O)[C@]1(C)[C@H](OC(=O)/C=C/C=C/c1ccccc1)C[C@@H]1[C@@]3(C)CC[C@H](O)C[C@]3(O)[C@H](O)C[C@]12O. The van der Waals surface area contributed by atoms with Crippen molar-refractivity contribution in [2.75, 3.05) is 0 Å². The molecule has 1 aromatic carbocycles. The molecule has 0 amide bonds. The van der Waals surface area contributed by atoms with E-state index >= 15 is 0 Å². The summed E-state index contributed by atoms with van der Waals surface area (Å²) in [7, 11) is 0. The molecule has 4 aliphatic carbocycles. The third-order valence-electron chi connectivity index (χ3n) is 11.8. The van der Waals surface area contributed by atoms with Gasteiger partial charge in [-0.2, -0.15) is 0 Å². The van der Waals surface area contributed by atoms with E-state index in [0.717, 1.165) is 5.56 Å². The maximum atomic E-state index is 13.1. The Balaban J connectivity index is 1.54. The molecule has 7 N–H and O–H groups in total. The average Bonchev–Trinajstić information content (AvgIpc) is 3.15. The maximum Gasteiger partial charge on any atom is 0.331 e. The van der Waals surface area contributed by atoms with Gasteiger partial charge in [-0.3, -0.25) is 0 Å². The van der Waals surface area contributed by atoms with Gasteiger partial charge in [-0.05, 0) is 44.6 Å². The lowest BCUT2D eigenvalue weighted by Gasteiger charge is -2.71. The van der Waals surface area contributed by atoms with Crippen LogP contribution in [0.15, 0.2) is 48.6 Å². The Morgan fingerprint density at radius 3 is 2.32 bits per heavy atom. The molecule has 4 saturated carbocycles. The number of carbonyl (C=O) groups excluding carboxylic acids is 1. The number of allylic oxidation sites excluding steroid dienone is 2. The van der Waals surface area contributed by atoms with Gasteiger partial charge < -0.3 is 40.5 Å². The summed E-state index contributed by atoms with van der Waals surface area (Å²) in [5, 5.41) is 81.1. The van der Waals surface area contributed by atoms with Crippen LogP contribution in [0.25, 0.3) is 6.08 Å². The molecule has 9 heteroatoms. The predicted molar refractivity (Wildman–Crippen MR) is 150 cm³/mol. The van der Waals surface area contributed by atoms with Crippen LogP contribution in [0.2, 0.25) is 0 Å². The molecule has 0 spiro atoms. The smallest absolute Gasteiger partial charge is 0.331 e. The highest BCUT2D eigenvalue weighted by Crippen LogP contribution is 2.72. The number of rotatable bonds is 5. The van der Waals surface area contributed by atoms with Crippen molar-refractivity contribution in [2.24, 2.45) is 16.7 Å². The lowest BCUT2D eigenvalue weighted by molar-refractivity contribution is -0.372. The first-order valence-corrected chi connectivity index (χ1v) is 14.6. The van der Waals surface area contributed by atoms with Crippen LogP contribution in [-0.4, -0.2) is 88.5 Å². The molecule has 11 atom stereocenters. The molecule has 4 aliphatic rings. The van der Waals surface area contributed by atoms with Crippen LogP contribution in [0.5, 0.6) is 0 Å². The fourth-order valence-electron chi connectivity index (χ4n) is 9.18. The van der Waals surface area contributed by atoms with Gasteiger partial charge in [0.1, 0.15) is 22.9 Å². The van der Waals surface area contributed by atoms with Crippen LogP contribution in [0, 0.1) is 16.7 Å². The first-order chi connectivity index (χ1) is 19.1. The minimum absolute atomic E-state index is 0.0363. The van der Waals surface area contributed by atoms with E-state index in [4.69, 9.17) is 4.74 Å². The summed E-state index contributed by atoms with van der Waals surface area (Å²) >= 11 is 0. The maximum absolute atomic E-state index is 13.1. The van der Waals surface area contributed by atoms with E-state index in [1.165, 1.54) is 26.0 Å². The molecule has 226 valence electrons. The standard InChI is InChI=1S/C32H44O9/c1-20(33)29(37)15-16-32(40)28(29,3)25(41-26(36)12-8-7-11-21-9-5-4-6-10-21)17-23-27(2)14-13-22(34)18-31(27,39)24(35)19-30(23,32)38/h4-12,20,22-25,33-35,37-40H,13-19H2,1-3H3/b11-7+,12-8+/t20-,22-,23+,24+,25+,27+,28+,29+,30-,31-,32+/m0/s1. The van der Waals surface area contributed by atoms with Crippen LogP contribution >= 0.6 is 0 Å². The van der Waals surface area contributed by atoms with E-state index < -0.39 is 76.0 Å². The predicted octanol–water partition coefficient (Wildman–Crippen LogP) is 1.61. The van der Waals surface area contributed by atoms with Gasteiger partial charge in [0.05, 0.1) is 29.3 Å². The quantitative estimate of drug-likeness (QED) is 0.158. The van der Waals surface area contributed by atoms with E-state index in [1.54, 1.807) is 13.0 Å². The number of aliphatic hydroxyl groups excluding tert-OH is 3. The lowest BCUT2D eigenvalue weighted by atomic mass is 9.38. The first kappa shape index (κ1) is 30.4. The highest BCUT2D eigenvalue weighted by atomic mass is 16.5. The number of benzene rings is 1. The van der Waals surface area contributed by atoms with E-state index in [2.05, 4.69) is 0 Å². The molecule has 0 aromatic heterocycles. The summed E-state index contributed by atoms with van der Waals surface area (Å²) in [6.45, 7) is 4.67. The Morgan fingerprint density at radius 2 is 1.66 bits per heavy atom. The van der Waals surface area contributed by atoms with Crippen molar-refractivity contribution in [1.82, 2.24) is 0 Å². The molecule has 9 nitrogen and oxygen atoms in total. The van der Waals surface area contributed by atoms with Crippen LogP contribution in [-0.2, 0) is 9.53 Å². The van der Waals surface area contributed by atoms with E-state index in [1.807, 2.05) is 36.4 Å². The second-order valence-electron chi connectivity index (χ2n) is 13.4. The van der Waals surface area contributed by atoms with Crippen molar-refractivity contribution in [1.29, 1.82) is 0 Å². The number of carbonyl (C=O) groups is 1. The molecule has 0 radical (unpaired) electrons. The van der Waals surface area contributed by atoms with Crippen molar-refractivity contribution < 1.29 is 45.3 Å². The summed E-state index contributed by atoms with van der Waals surface area (Å²) < 4.78 is 5.98. The number of fused-ring (bicyclic) bond motifs is 5. The minimum atomic E-state index is -2.09. The summed E-state index contributed by atoms with van der Waals surface area (Å²) in [4.78, 5) is 13.1. The van der Waals surface area contributed by atoms with Crippen LogP contribution in [0.3, 0.4) is 0 Å². The fourth-order valence-corrected chi connectivity index (χ4v) is 9.18. The zero-order valence-electron chi connectivity index (χ0n) is 24.0. The van der Waals surface area contributed by atoms with Crippen LogP contribution in [0.1, 0.15) is 71.3 Å². The molecule has 41 heavy (non-hydrogen) atoms. The third-order valence-corrected chi connectivity index (χ3v) is 11.8. The van der Waals surface area contributed by atoms with Crippen molar-refractivity contribution in [3.8, 4) is 0 Å². The van der Waals surface area contributed by atoms with Crippen LogP contribution < -0.4 is 0 Å². The Hall–Kier alpha value is -2.11. The number of aliphatic hydroxyl groups is 7. The number of hydrogen-bond donors (Lipinski definition) is 7. The molecule has 0 aliphatic heterocycles. The monoisotopic (exact) mass is 572 g/mol. The zero-order chi connectivity index (χ0) is 30.1. The van der Waals surface area contributed by atoms with Gasteiger partial charge >= 0.3 is 5.97 Å². The largest absolute Gasteiger partial charge is 0.458 e. The van der Waals surface area contributed by atoms with Gasteiger partial charge in [-0.25, -0.2) is 4.79 Å². The normalized spacial score (nSPS) is 48.4. The van der Waals surface area contributed by atoms with Gasteiger partial charge in [0.2, 0.25) is 0 Å². The molecule has 1 aromatic rings.